The average Bonchev–Trinajstić information content (AvgIpc) is 2.37. The number of benzene rings is 2. The minimum Gasteiger partial charge on any atom is -0.310 e. The van der Waals surface area contributed by atoms with Crippen LogP contribution in [0.1, 0.15) is 30.5 Å². The maximum atomic E-state index is 14.4. The second kappa shape index (κ2) is 6.35. The van der Waals surface area contributed by atoms with Gasteiger partial charge in [0.25, 0.3) is 0 Å². The highest BCUT2D eigenvalue weighted by molar-refractivity contribution is 5.71. The Kier molecular flexibility index (Phi) is 4.73. The Bertz CT molecular complexity index is 625. The highest BCUT2D eigenvalue weighted by Crippen LogP contribution is 2.30. The zero-order valence-electron chi connectivity index (χ0n) is 12.9. The maximum absolute atomic E-state index is 14.4. The van der Waals surface area contributed by atoms with Crippen LogP contribution in [0.25, 0.3) is 11.1 Å². The van der Waals surface area contributed by atoms with Crippen molar-refractivity contribution >= 4 is 0 Å². The molecule has 2 aromatic rings. The molecule has 0 spiro atoms. The van der Waals surface area contributed by atoms with Gasteiger partial charge in [0, 0.05) is 18.2 Å². The van der Waals surface area contributed by atoms with Gasteiger partial charge in [-0.15, -0.1) is 0 Å². The van der Waals surface area contributed by atoms with Gasteiger partial charge < -0.3 is 5.32 Å². The molecule has 0 amide bonds. The minimum atomic E-state index is -0.285. The van der Waals surface area contributed by atoms with Gasteiger partial charge in [0.2, 0.25) is 0 Å². The van der Waals surface area contributed by atoms with Crippen LogP contribution in [0.4, 0.5) is 8.78 Å². The molecule has 3 heteroatoms. The first-order valence-corrected chi connectivity index (χ1v) is 7.17. The second-order valence-corrected chi connectivity index (χ2v) is 5.76. The van der Waals surface area contributed by atoms with Crippen molar-refractivity contribution in [1.29, 1.82) is 0 Å². The van der Waals surface area contributed by atoms with Crippen LogP contribution in [0.2, 0.25) is 0 Å². The van der Waals surface area contributed by atoms with Crippen LogP contribution in [0, 0.1) is 25.5 Å². The standard InChI is InChI=1S/C18H21F2N/c1-11(2)21-10-14-5-6-16(17(20)9-14)18-12(3)7-15(19)8-13(18)4/h5-9,11,21H,10H2,1-4H3. The normalized spacial score (nSPS) is 11.2. The molecule has 1 nitrogen and oxygen atoms in total. The van der Waals surface area contributed by atoms with Crippen LogP contribution < -0.4 is 5.32 Å². The summed E-state index contributed by atoms with van der Waals surface area (Å²) in [4.78, 5) is 0. The highest BCUT2D eigenvalue weighted by Gasteiger charge is 2.12. The van der Waals surface area contributed by atoms with E-state index in [1.54, 1.807) is 26.0 Å². The predicted octanol–water partition coefficient (Wildman–Crippen LogP) is 4.75. The quantitative estimate of drug-likeness (QED) is 0.856. The summed E-state index contributed by atoms with van der Waals surface area (Å²) in [6.07, 6.45) is 0. The number of halogens is 2. The molecule has 1 N–H and O–H groups in total. The predicted molar refractivity (Wildman–Crippen MR) is 83.2 cm³/mol. The van der Waals surface area contributed by atoms with Crippen molar-refractivity contribution in [3.05, 3.63) is 58.7 Å². The smallest absolute Gasteiger partial charge is 0.131 e. The summed E-state index contributed by atoms with van der Waals surface area (Å²) >= 11 is 0. The fourth-order valence-corrected chi connectivity index (χ4v) is 2.53. The maximum Gasteiger partial charge on any atom is 0.131 e. The summed E-state index contributed by atoms with van der Waals surface area (Å²) in [6, 6.07) is 8.48. The van der Waals surface area contributed by atoms with Gasteiger partial charge >= 0.3 is 0 Å². The molecule has 0 saturated carbocycles. The Balaban J connectivity index is 2.38. The number of hydrogen-bond acceptors (Lipinski definition) is 1. The van der Waals surface area contributed by atoms with Crippen LogP contribution >= 0.6 is 0 Å². The fraction of sp³-hybridized carbons (Fsp3) is 0.333. The lowest BCUT2D eigenvalue weighted by Gasteiger charge is -2.13. The largest absolute Gasteiger partial charge is 0.310 e. The topological polar surface area (TPSA) is 12.0 Å². The molecule has 0 aliphatic carbocycles. The van der Waals surface area contributed by atoms with Gasteiger partial charge in [-0.3, -0.25) is 0 Å². The van der Waals surface area contributed by atoms with Gasteiger partial charge in [-0.25, -0.2) is 8.78 Å². The molecule has 0 fully saturated rings. The van der Waals surface area contributed by atoms with Gasteiger partial charge in [-0.05, 0) is 54.3 Å². The molecule has 21 heavy (non-hydrogen) atoms. The van der Waals surface area contributed by atoms with Crippen molar-refractivity contribution in [2.75, 3.05) is 0 Å². The van der Waals surface area contributed by atoms with Crippen molar-refractivity contribution in [3.8, 4) is 11.1 Å². The van der Waals surface area contributed by atoms with Crippen molar-refractivity contribution in [1.82, 2.24) is 5.32 Å². The molecule has 0 unspecified atom stereocenters. The molecule has 0 radical (unpaired) electrons. The molecule has 0 aromatic heterocycles. The highest BCUT2D eigenvalue weighted by atomic mass is 19.1. The Morgan fingerprint density at radius 3 is 2.14 bits per heavy atom. The molecule has 0 aliphatic heterocycles. The van der Waals surface area contributed by atoms with Gasteiger partial charge in [-0.2, -0.15) is 0 Å². The molecule has 2 aromatic carbocycles. The number of hydrogen-bond donors (Lipinski definition) is 1. The molecular formula is C18H21F2N. The Hall–Kier alpha value is -1.74. The molecule has 0 saturated heterocycles. The first kappa shape index (κ1) is 15.6. The van der Waals surface area contributed by atoms with Crippen molar-refractivity contribution in [2.24, 2.45) is 0 Å². The van der Waals surface area contributed by atoms with Crippen molar-refractivity contribution < 1.29 is 8.78 Å². The van der Waals surface area contributed by atoms with Gasteiger partial charge in [-0.1, -0.05) is 26.0 Å². The lowest BCUT2D eigenvalue weighted by Crippen LogP contribution is -2.21. The molecule has 0 atom stereocenters. The van der Waals surface area contributed by atoms with Gasteiger partial charge in [0.05, 0.1) is 0 Å². The average molecular weight is 289 g/mol. The molecule has 0 bridgehead atoms. The van der Waals surface area contributed by atoms with Gasteiger partial charge in [0.15, 0.2) is 0 Å². The van der Waals surface area contributed by atoms with E-state index in [1.165, 1.54) is 12.1 Å². The van der Waals surface area contributed by atoms with E-state index in [1.807, 2.05) is 6.07 Å². The molecule has 0 heterocycles. The molecule has 2 rings (SSSR count). The third-order valence-electron chi connectivity index (χ3n) is 3.51. The SMILES string of the molecule is Cc1cc(F)cc(C)c1-c1ccc(CNC(C)C)cc1F. The summed E-state index contributed by atoms with van der Waals surface area (Å²) in [5.74, 6) is -0.553. The first-order valence-electron chi connectivity index (χ1n) is 7.17. The van der Waals surface area contributed by atoms with E-state index in [2.05, 4.69) is 19.2 Å². The number of nitrogens with one attached hydrogen (secondary N) is 1. The Morgan fingerprint density at radius 1 is 1.00 bits per heavy atom. The van der Waals surface area contributed by atoms with Crippen LogP contribution in [-0.2, 0) is 6.54 Å². The first-order chi connectivity index (χ1) is 9.88. The van der Waals surface area contributed by atoms with E-state index in [-0.39, 0.29) is 11.6 Å². The third-order valence-corrected chi connectivity index (χ3v) is 3.51. The Labute approximate surface area is 125 Å². The van der Waals surface area contributed by atoms with Crippen molar-refractivity contribution in [3.63, 3.8) is 0 Å². The summed E-state index contributed by atoms with van der Waals surface area (Å²) in [5, 5.41) is 3.26. The summed E-state index contributed by atoms with van der Waals surface area (Å²) in [6.45, 7) is 8.35. The number of rotatable bonds is 4. The lowest BCUT2D eigenvalue weighted by atomic mass is 9.94. The monoisotopic (exact) mass is 289 g/mol. The van der Waals surface area contributed by atoms with Crippen LogP contribution in [0.15, 0.2) is 30.3 Å². The van der Waals surface area contributed by atoms with Gasteiger partial charge in [0.1, 0.15) is 11.6 Å². The minimum absolute atomic E-state index is 0.268. The van der Waals surface area contributed by atoms with E-state index in [4.69, 9.17) is 0 Å². The molecular weight excluding hydrogens is 268 g/mol. The molecule has 112 valence electrons. The Morgan fingerprint density at radius 2 is 1.62 bits per heavy atom. The van der Waals surface area contributed by atoms with Crippen LogP contribution in [-0.4, -0.2) is 6.04 Å². The van der Waals surface area contributed by atoms with Crippen molar-refractivity contribution in [2.45, 2.75) is 40.3 Å². The summed E-state index contributed by atoms with van der Waals surface area (Å²) in [5.41, 5.74) is 3.71. The summed E-state index contributed by atoms with van der Waals surface area (Å²) < 4.78 is 27.8. The van der Waals surface area contributed by atoms with E-state index < -0.39 is 0 Å². The molecule has 0 aliphatic rings. The second-order valence-electron chi connectivity index (χ2n) is 5.76. The van der Waals surface area contributed by atoms with E-state index in [0.717, 1.165) is 22.3 Å². The van der Waals surface area contributed by atoms with E-state index >= 15 is 0 Å². The van der Waals surface area contributed by atoms with E-state index in [0.29, 0.717) is 18.2 Å². The van der Waals surface area contributed by atoms with E-state index in [9.17, 15) is 8.78 Å². The third kappa shape index (κ3) is 3.67. The zero-order valence-corrected chi connectivity index (χ0v) is 12.9. The fourth-order valence-electron chi connectivity index (χ4n) is 2.53. The van der Waals surface area contributed by atoms with Crippen LogP contribution in [0.3, 0.4) is 0 Å². The summed E-state index contributed by atoms with van der Waals surface area (Å²) in [7, 11) is 0. The number of aryl methyl sites for hydroxylation is 2. The zero-order chi connectivity index (χ0) is 15.6. The lowest BCUT2D eigenvalue weighted by molar-refractivity contribution is 0.582. The van der Waals surface area contributed by atoms with Crippen LogP contribution in [0.5, 0.6) is 0 Å².